The maximum absolute atomic E-state index is 13.7. The Morgan fingerprint density at radius 2 is 2.20 bits per heavy atom. The lowest BCUT2D eigenvalue weighted by molar-refractivity contribution is -0.0174. The molecule has 1 aliphatic rings. The van der Waals surface area contributed by atoms with E-state index in [1.54, 1.807) is 0 Å². The Bertz CT molecular complexity index is 582. The van der Waals surface area contributed by atoms with Crippen LogP contribution in [-0.2, 0) is 11.3 Å². The molecule has 0 amide bonds. The maximum Gasteiger partial charge on any atom is 0.191 e. The first-order valence-corrected chi connectivity index (χ1v) is 8.80. The van der Waals surface area contributed by atoms with Crippen molar-refractivity contribution in [1.82, 2.24) is 15.5 Å². The molecule has 0 bridgehead atoms. The number of benzene rings is 1. The molecule has 2 unspecified atom stereocenters. The van der Waals surface area contributed by atoms with Crippen LogP contribution >= 0.6 is 0 Å². The molecule has 0 aromatic heterocycles. The van der Waals surface area contributed by atoms with Gasteiger partial charge in [0.05, 0.1) is 19.8 Å². The molecule has 1 aromatic rings. The Hall–Kier alpha value is -1.73. The minimum Gasteiger partial charge on any atom is -0.379 e. The van der Waals surface area contributed by atoms with E-state index in [0.29, 0.717) is 31.1 Å². The summed E-state index contributed by atoms with van der Waals surface area (Å²) in [5, 5.41) is 6.42. The van der Waals surface area contributed by atoms with E-state index in [2.05, 4.69) is 34.4 Å². The topological polar surface area (TPSA) is 48.9 Å². The molecule has 5 nitrogen and oxygen atoms in total. The van der Waals surface area contributed by atoms with Gasteiger partial charge in [0.1, 0.15) is 11.6 Å². The highest BCUT2D eigenvalue weighted by Crippen LogP contribution is 2.11. The van der Waals surface area contributed by atoms with Crippen LogP contribution in [0.2, 0.25) is 0 Å². The molecule has 0 spiro atoms. The van der Waals surface area contributed by atoms with Crippen molar-refractivity contribution in [2.24, 2.45) is 4.99 Å². The predicted octanol–water partition coefficient (Wildman–Crippen LogP) is 2.13. The lowest BCUT2D eigenvalue weighted by Crippen LogP contribution is -2.53. The summed E-state index contributed by atoms with van der Waals surface area (Å²) in [6, 6.07) is 4.11. The van der Waals surface area contributed by atoms with Gasteiger partial charge in [-0.05, 0) is 39.0 Å². The number of guanidine groups is 1. The first kappa shape index (κ1) is 19.6. The van der Waals surface area contributed by atoms with Gasteiger partial charge < -0.3 is 15.4 Å². The third-order valence-corrected chi connectivity index (χ3v) is 4.31. The quantitative estimate of drug-likeness (QED) is 0.607. The highest BCUT2D eigenvalue weighted by atomic mass is 19.1. The average molecular weight is 354 g/mol. The first-order valence-electron chi connectivity index (χ1n) is 8.80. The van der Waals surface area contributed by atoms with Gasteiger partial charge in [-0.1, -0.05) is 0 Å². The lowest BCUT2D eigenvalue weighted by atomic mass is 10.2. The fourth-order valence-corrected chi connectivity index (χ4v) is 2.93. The van der Waals surface area contributed by atoms with Gasteiger partial charge in [-0.25, -0.2) is 13.8 Å². The van der Waals surface area contributed by atoms with Gasteiger partial charge in [0, 0.05) is 37.3 Å². The van der Waals surface area contributed by atoms with Crippen LogP contribution in [0.15, 0.2) is 23.2 Å². The monoisotopic (exact) mass is 354 g/mol. The van der Waals surface area contributed by atoms with E-state index in [4.69, 9.17) is 4.74 Å². The molecule has 1 aliphatic heterocycles. The Labute approximate surface area is 148 Å². The Morgan fingerprint density at radius 3 is 2.92 bits per heavy atom. The number of ether oxygens (including phenoxy) is 1. The SMILES string of the molecule is CCNC(=NCc1cc(F)ccc1F)NCC(C)N1CCOCC1C. The van der Waals surface area contributed by atoms with Crippen molar-refractivity contribution in [3.63, 3.8) is 0 Å². The number of aliphatic imine (C=N–C) groups is 1. The highest BCUT2D eigenvalue weighted by Gasteiger charge is 2.23. The van der Waals surface area contributed by atoms with Gasteiger partial charge in [0.25, 0.3) is 0 Å². The van der Waals surface area contributed by atoms with Crippen LogP contribution in [0.1, 0.15) is 26.3 Å². The van der Waals surface area contributed by atoms with Crippen LogP contribution < -0.4 is 10.6 Å². The van der Waals surface area contributed by atoms with Crippen molar-refractivity contribution in [2.45, 2.75) is 39.4 Å². The summed E-state index contributed by atoms with van der Waals surface area (Å²) < 4.78 is 32.4. The first-order chi connectivity index (χ1) is 12.0. The van der Waals surface area contributed by atoms with Crippen molar-refractivity contribution < 1.29 is 13.5 Å². The fraction of sp³-hybridized carbons (Fsp3) is 0.611. The Morgan fingerprint density at radius 1 is 1.40 bits per heavy atom. The molecule has 1 heterocycles. The van der Waals surface area contributed by atoms with E-state index in [1.807, 2.05) is 6.92 Å². The smallest absolute Gasteiger partial charge is 0.191 e. The second-order valence-corrected chi connectivity index (χ2v) is 6.32. The normalized spacial score (nSPS) is 20.4. The van der Waals surface area contributed by atoms with Gasteiger partial charge in [-0.2, -0.15) is 0 Å². The molecule has 7 heteroatoms. The van der Waals surface area contributed by atoms with E-state index >= 15 is 0 Å². The molecular formula is C18H28F2N4O. The van der Waals surface area contributed by atoms with Crippen LogP contribution in [0.3, 0.4) is 0 Å². The van der Waals surface area contributed by atoms with Gasteiger partial charge in [-0.3, -0.25) is 4.90 Å². The van der Waals surface area contributed by atoms with Crippen molar-refractivity contribution in [2.75, 3.05) is 32.8 Å². The number of nitrogens with one attached hydrogen (secondary N) is 2. The summed E-state index contributed by atoms with van der Waals surface area (Å²) in [6.07, 6.45) is 0. The van der Waals surface area contributed by atoms with Crippen LogP contribution in [0.5, 0.6) is 0 Å². The summed E-state index contributed by atoms with van der Waals surface area (Å²) in [5.41, 5.74) is 0.243. The molecule has 25 heavy (non-hydrogen) atoms. The van der Waals surface area contributed by atoms with E-state index in [0.717, 1.165) is 31.9 Å². The molecule has 1 aromatic carbocycles. The summed E-state index contributed by atoms with van der Waals surface area (Å²) in [4.78, 5) is 6.76. The zero-order valence-electron chi connectivity index (χ0n) is 15.2. The number of morpholine rings is 1. The van der Waals surface area contributed by atoms with Crippen LogP contribution in [0.25, 0.3) is 0 Å². The van der Waals surface area contributed by atoms with Gasteiger partial charge >= 0.3 is 0 Å². The molecule has 0 radical (unpaired) electrons. The minimum absolute atomic E-state index is 0.0846. The molecule has 1 saturated heterocycles. The van der Waals surface area contributed by atoms with Crippen LogP contribution in [0.4, 0.5) is 8.78 Å². The Balaban J connectivity index is 1.94. The fourth-order valence-electron chi connectivity index (χ4n) is 2.93. The average Bonchev–Trinajstić information content (AvgIpc) is 2.60. The van der Waals surface area contributed by atoms with Crippen molar-refractivity contribution >= 4 is 5.96 Å². The second kappa shape index (κ2) is 9.68. The number of halogens is 2. The lowest BCUT2D eigenvalue weighted by Gasteiger charge is -2.38. The highest BCUT2D eigenvalue weighted by molar-refractivity contribution is 5.79. The van der Waals surface area contributed by atoms with Crippen molar-refractivity contribution in [3.05, 3.63) is 35.4 Å². The predicted molar refractivity (Wildman–Crippen MR) is 95.6 cm³/mol. The standard InChI is InChI=1S/C18H28F2N4O/c1-4-21-18(23-11-15-9-16(19)5-6-17(15)20)22-10-13(2)24-7-8-25-12-14(24)3/h5-6,9,13-14H,4,7-8,10-12H2,1-3H3,(H2,21,22,23). The van der Waals surface area contributed by atoms with Crippen molar-refractivity contribution in [1.29, 1.82) is 0 Å². The molecule has 140 valence electrons. The van der Waals surface area contributed by atoms with Gasteiger partial charge in [0.15, 0.2) is 5.96 Å². The molecular weight excluding hydrogens is 326 g/mol. The third kappa shape index (κ3) is 5.93. The summed E-state index contributed by atoms with van der Waals surface area (Å²) in [5.74, 6) is -0.310. The van der Waals surface area contributed by atoms with Gasteiger partial charge in [0.2, 0.25) is 0 Å². The zero-order chi connectivity index (χ0) is 18.2. The van der Waals surface area contributed by atoms with Crippen LogP contribution in [-0.4, -0.2) is 55.8 Å². The molecule has 0 aliphatic carbocycles. The zero-order valence-corrected chi connectivity index (χ0v) is 15.2. The maximum atomic E-state index is 13.7. The molecule has 1 fully saturated rings. The summed E-state index contributed by atoms with van der Waals surface area (Å²) in [6.45, 7) is 10.2. The largest absolute Gasteiger partial charge is 0.379 e. The molecule has 2 atom stereocenters. The third-order valence-electron chi connectivity index (χ3n) is 4.31. The van der Waals surface area contributed by atoms with Crippen LogP contribution in [0, 0.1) is 11.6 Å². The summed E-state index contributed by atoms with van der Waals surface area (Å²) >= 11 is 0. The minimum atomic E-state index is -0.459. The molecule has 2 rings (SSSR count). The van der Waals surface area contributed by atoms with Gasteiger partial charge in [-0.15, -0.1) is 0 Å². The number of rotatable bonds is 6. The molecule has 0 saturated carbocycles. The number of hydrogen-bond acceptors (Lipinski definition) is 3. The second-order valence-electron chi connectivity index (χ2n) is 6.32. The Kier molecular flexibility index (Phi) is 7.58. The number of hydrogen-bond donors (Lipinski definition) is 2. The van der Waals surface area contributed by atoms with E-state index < -0.39 is 11.6 Å². The number of nitrogens with zero attached hydrogens (tertiary/aromatic N) is 2. The molecule has 2 N–H and O–H groups in total. The summed E-state index contributed by atoms with van der Waals surface area (Å²) in [7, 11) is 0. The van der Waals surface area contributed by atoms with E-state index in [1.165, 1.54) is 6.07 Å². The van der Waals surface area contributed by atoms with Crippen molar-refractivity contribution in [3.8, 4) is 0 Å². The van der Waals surface area contributed by atoms with E-state index in [-0.39, 0.29) is 12.1 Å². The van der Waals surface area contributed by atoms with E-state index in [9.17, 15) is 8.78 Å².